The minimum atomic E-state index is -1.85. The van der Waals surface area contributed by atoms with Crippen LogP contribution < -0.4 is 48.3 Å². The van der Waals surface area contributed by atoms with Crippen molar-refractivity contribution in [1.82, 2.24) is 47.4 Å². The van der Waals surface area contributed by atoms with Gasteiger partial charge >= 0.3 is 29.8 Å². The maximum Gasteiger partial charge on any atom is 0.303 e. The quantitative estimate of drug-likeness (QED) is 0.0259. The number of aliphatic carboxylic acids is 5. The maximum absolute atomic E-state index is 13.7. The Balaban J connectivity index is 3.10. The Hall–Kier alpha value is -7.48. The van der Waals surface area contributed by atoms with Gasteiger partial charge in [0.05, 0.1) is 25.2 Å². The van der Waals surface area contributed by atoms with E-state index in [2.05, 4.69) is 42.5 Å². The van der Waals surface area contributed by atoms with Gasteiger partial charge < -0.3 is 83.4 Å². The lowest BCUT2D eigenvalue weighted by atomic mass is 10.0. The van der Waals surface area contributed by atoms with Crippen molar-refractivity contribution < 1.29 is 102 Å². The number of ketones is 1. The van der Waals surface area contributed by atoms with Crippen LogP contribution in [0.5, 0.6) is 0 Å². The zero-order chi connectivity index (χ0) is 59.9. The summed E-state index contributed by atoms with van der Waals surface area (Å²) in [5, 5.41) is 65.2. The van der Waals surface area contributed by atoms with Gasteiger partial charge in [-0.3, -0.25) is 71.9 Å². The monoisotopic (exact) mass is 1150 g/mol. The number of carboxylic acid groups (broad SMARTS) is 5. The summed E-state index contributed by atoms with van der Waals surface area (Å²) in [6, 6.07) is -11.4. The zero-order valence-corrected chi connectivity index (χ0v) is 45.1. The lowest BCUT2D eigenvalue weighted by Gasteiger charge is -2.27. The van der Waals surface area contributed by atoms with E-state index in [4.69, 9.17) is 15.6 Å². The van der Waals surface area contributed by atoms with Crippen molar-refractivity contribution >= 4 is 101 Å². The largest absolute Gasteiger partial charge is 0.481 e. The molecule has 31 nitrogen and oxygen atoms in total. The van der Waals surface area contributed by atoms with Crippen molar-refractivity contribution in [3.05, 3.63) is 0 Å². The van der Waals surface area contributed by atoms with Crippen molar-refractivity contribution in [2.45, 2.75) is 153 Å². The van der Waals surface area contributed by atoms with E-state index in [9.17, 15) is 92.3 Å². The summed E-state index contributed by atoms with van der Waals surface area (Å²) in [7, 11) is 0. The first-order chi connectivity index (χ1) is 37.1. The number of carbonyl (C=O) groups is 15. The number of hydrogen-bond donors (Lipinski definition) is 14. The van der Waals surface area contributed by atoms with Gasteiger partial charge in [-0.25, -0.2) is 0 Å². The summed E-state index contributed by atoms with van der Waals surface area (Å²) in [6.45, 7) is 3.39. The van der Waals surface area contributed by atoms with Gasteiger partial charge in [0, 0.05) is 50.9 Å². The van der Waals surface area contributed by atoms with Crippen molar-refractivity contribution in [3.63, 3.8) is 0 Å². The van der Waals surface area contributed by atoms with Crippen LogP contribution in [0.2, 0.25) is 0 Å². The number of Topliss-reactive ketones (excluding diaryl/α,β-unsaturated/α-hetero) is 1. The molecule has 0 spiro atoms. The molecule has 0 aromatic heterocycles. The van der Waals surface area contributed by atoms with E-state index in [1.54, 1.807) is 6.26 Å². The average Bonchev–Trinajstić information content (AvgIpc) is 3.87. The molecule has 79 heavy (non-hydrogen) atoms. The fraction of sp³-hybridized carbons (Fsp3) is 0.681. The van der Waals surface area contributed by atoms with Crippen LogP contribution in [0.1, 0.15) is 104 Å². The highest BCUT2D eigenvalue weighted by Gasteiger charge is 2.37. The van der Waals surface area contributed by atoms with Crippen LogP contribution in [0.25, 0.3) is 0 Å². The van der Waals surface area contributed by atoms with Crippen LogP contribution in [0, 0.1) is 5.92 Å². The molecule has 0 aliphatic carbocycles. The van der Waals surface area contributed by atoms with E-state index < -0.39 is 202 Å². The smallest absolute Gasteiger partial charge is 0.303 e. The van der Waals surface area contributed by atoms with E-state index >= 15 is 0 Å². The predicted molar refractivity (Wildman–Crippen MR) is 274 cm³/mol. The summed E-state index contributed by atoms with van der Waals surface area (Å²) < 4.78 is 5.45. The van der Waals surface area contributed by atoms with E-state index in [1.165, 1.54) is 23.6 Å². The fourth-order valence-electron chi connectivity index (χ4n) is 7.54. The highest BCUT2D eigenvalue weighted by molar-refractivity contribution is 7.98. The highest BCUT2D eigenvalue weighted by atomic mass is 32.2. The van der Waals surface area contributed by atoms with Crippen LogP contribution in [-0.2, 0) is 76.7 Å². The minimum Gasteiger partial charge on any atom is -0.481 e. The highest BCUT2D eigenvalue weighted by Crippen LogP contribution is 2.19. The van der Waals surface area contributed by atoms with Gasteiger partial charge in [0.1, 0.15) is 42.9 Å². The number of ether oxygens (including phenoxy) is 1. The molecular weight excluding hydrogens is 1070 g/mol. The van der Waals surface area contributed by atoms with Crippen LogP contribution in [0.4, 0.5) is 0 Å². The Labute approximate surface area is 458 Å². The molecule has 9 amide bonds. The van der Waals surface area contributed by atoms with Crippen LogP contribution in [0.3, 0.4) is 0 Å². The number of thioether (sulfide) groups is 1. The topological polar surface area (TPSA) is 492 Å². The van der Waals surface area contributed by atoms with Gasteiger partial charge in [-0.05, 0) is 70.5 Å². The number of rotatable bonds is 40. The number of likely N-dealkylation sites (tertiary alicyclic amines) is 1. The normalized spacial score (nSPS) is 15.5. The summed E-state index contributed by atoms with van der Waals surface area (Å²) >= 11 is 1.35. The molecule has 15 N–H and O–H groups in total. The summed E-state index contributed by atoms with van der Waals surface area (Å²) in [4.78, 5) is 189. The standard InChI is InChI=1S/C47H74N10O21S/c1-24(2)20-31(43(73)50-21-34(59)51-32(23-79-4)25(3)58)56-47(77)33-6-5-18-57(33)35(60)22-78-19-17-49-42(72)27(8-13-37(63)64)53-45(75)29(10-15-39(67)68)55-46(76)30(11-16-40(69)70)54-44(74)28(9-14-38(65)66)52-41(71)26(48)7-12-36(61)62/h24,26-33H,5-23,48H2,1-4H3,(H,49,72)(H,50,73)(H,51,59)(H,52,71)(H,53,75)(H,54,74)(H,55,76)(H,56,77)(H,61,62)(H,63,64)(H,65,66)(H,67,68)(H,69,70)/t26-,27-,28-,29-,30-,31+,32+,33+/m1/s1. The van der Waals surface area contributed by atoms with Crippen molar-refractivity contribution in [1.29, 1.82) is 0 Å². The molecule has 1 aliphatic heterocycles. The number of nitrogens with one attached hydrogen (secondary N) is 8. The Morgan fingerprint density at radius 3 is 1.43 bits per heavy atom. The summed E-state index contributed by atoms with van der Waals surface area (Å²) in [5.74, 6) is -15.4. The van der Waals surface area contributed by atoms with Crippen molar-refractivity contribution in [2.75, 3.05) is 44.9 Å². The molecule has 0 aromatic carbocycles. The number of amides is 9. The zero-order valence-electron chi connectivity index (χ0n) is 44.3. The third-order valence-corrected chi connectivity index (χ3v) is 12.4. The first-order valence-electron chi connectivity index (χ1n) is 25.1. The SMILES string of the molecule is CSC[C@H](NC(=O)CNC(=O)[C@H](CC(C)C)NC(=O)[C@@H]1CCCN1C(=O)COCCNC(=O)[C@@H](CCC(=O)O)NC(=O)[C@@H](CCC(=O)O)NC(=O)[C@@H](CCC(=O)O)NC(=O)[C@@H](CCC(=O)O)NC(=O)[C@H](N)CCC(=O)O)C(C)=O. The maximum atomic E-state index is 13.7. The molecule has 444 valence electrons. The van der Waals surface area contributed by atoms with Crippen LogP contribution >= 0.6 is 11.8 Å². The number of nitrogens with two attached hydrogens (primary N) is 1. The lowest BCUT2D eigenvalue weighted by molar-refractivity contribution is -0.142. The molecular formula is C47H74N10O21S. The van der Waals surface area contributed by atoms with E-state index in [0.29, 0.717) is 12.2 Å². The fourth-order valence-corrected chi connectivity index (χ4v) is 8.19. The van der Waals surface area contributed by atoms with Crippen LogP contribution in [0.15, 0.2) is 0 Å². The molecule has 1 rings (SSSR count). The number of carbonyl (C=O) groups excluding carboxylic acids is 10. The number of nitrogens with zero attached hydrogens (tertiary/aromatic N) is 1. The molecule has 8 atom stereocenters. The number of carboxylic acids is 5. The van der Waals surface area contributed by atoms with Gasteiger partial charge in [0.15, 0.2) is 5.78 Å². The Kier molecular flexibility index (Phi) is 32.2. The van der Waals surface area contributed by atoms with Gasteiger partial charge in [-0.15, -0.1) is 0 Å². The van der Waals surface area contributed by atoms with Gasteiger partial charge in [0.25, 0.3) is 0 Å². The second-order valence-corrected chi connectivity index (χ2v) is 19.6. The summed E-state index contributed by atoms with van der Waals surface area (Å²) in [6.07, 6.45) is -3.84. The molecule has 1 fully saturated rings. The molecule has 0 saturated carbocycles. The van der Waals surface area contributed by atoms with Gasteiger partial charge in [0.2, 0.25) is 53.2 Å². The first-order valence-corrected chi connectivity index (χ1v) is 26.5. The van der Waals surface area contributed by atoms with E-state index in [0.717, 1.165) is 0 Å². The van der Waals surface area contributed by atoms with Crippen molar-refractivity contribution in [2.24, 2.45) is 11.7 Å². The number of hydrogen-bond acceptors (Lipinski definition) is 18. The third-order valence-electron chi connectivity index (χ3n) is 11.7. The average molecular weight is 1150 g/mol. The third kappa shape index (κ3) is 28.6. The Morgan fingerprint density at radius 2 is 1.00 bits per heavy atom. The molecule has 1 heterocycles. The van der Waals surface area contributed by atoms with E-state index in [1.807, 2.05) is 13.8 Å². The Bertz CT molecular complexity index is 2200. The minimum absolute atomic E-state index is 0.0851. The molecule has 32 heteroatoms. The summed E-state index contributed by atoms with van der Waals surface area (Å²) in [5.41, 5.74) is 5.71. The van der Waals surface area contributed by atoms with Gasteiger partial charge in [-0.1, -0.05) is 13.8 Å². The first kappa shape index (κ1) is 69.5. The second kappa shape index (κ2) is 36.6. The van der Waals surface area contributed by atoms with Crippen LogP contribution in [-0.4, -0.2) is 212 Å². The predicted octanol–water partition coefficient (Wildman–Crippen LogP) is -4.22. The lowest BCUT2D eigenvalue weighted by Crippen LogP contribution is -2.59. The molecule has 0 unspecified atom stereocenters. The molecule has 0 radical (unpaired) electrons. The molecule has 0 aromatic rings. The molecule has 1 saturated heterocycles. The van der Waals surface area contributed by atoms with Gasteiger partial charge in [-0.2, -0.15) is 11.8 Å². The van der Waals surface area contributed by atoms with Crippen molar-refractivity contribution in [3.8, 4) is 0 Å². The molecule has 0 bridgehead atoms. The molecule has 1 aliphatic rings. The Morgan fingerprint density at radius 1 is 0.570 bits per heavy atom. The second-order valence-electron chi connectivity index (χ2n) is 18.7. The van der Waals surface area contributed by atoms with E-state index in [-0.39, 0.29) is 50.7 Å².